The Morgan fingerprint density at radius 3 is 2.25 bits per heavy atom. The Bertz CT molecular complexity index is 373. The van der Waals surface area contributed by atoms with Crippen LogP contribution in [-0.2, 0) is 13.9 Å². The number of hydrogen-bond donors (Lipinski definition) is 2. The van der Waals surface area contributed by atoms with E-state index in [1.807, 2.05) is 0 Å². The zero-order valence-electron chi connectivity index (χ0n) is 8.82. The fourth-order valence-electron chi connectivity index (χ4n) is 1.05. The summed E-state index contributed by atoms with van der Waals surface area (Å²) in [6.45, 7) is 4.34. The van der Waals surface area contributed by atoms with Gasteiger partial charge in [-0.2, -0.15) is 0 Å². The normalized spacial score (nSPS) is 12.5. The first-order valence-corrected chi connectivity index (χ1v) is 15.9. The Balaban J connectivity index is 2.87. The topological polar surface area (TPSA) is 24.1 Å². The van der Waals surface area contributed by atoms with Crippen molar-refractivity contribution in [3.8, 4) is 0 Å². The third-order valence-corrected chi connectivity index (χ3v) is 8.06. The number of para-hydroxylation sites is 1. The zero-order valence-corrected chi connectivity index (χ0v) is 18.0. The summed E-state index contributed by atoms with van der Waals surface area (Å²) in [5.74, 6) is 0. The van der Waals surface area contributed by atoms with Gasteiger partial charge in [0, 0.05) is 0 Å². The molecule has 0 aliphatic heterocycles. The van der Waals surface area contributed by atoms with Gasteiger partial charge in [0.2, 0.25) is 0 Å². The summed E-state index contributed by atoms with van der Waals surface area (Å²) in [5.41, 5.74) is 1.24. The van der Waals surface area contributed by atoms with E-state index < -0.39 is 0 Å². The fraction of sp³-hybridized carbons (Fsp3) is 0.300. The molecule has 1 aromatic rings. The number of benzene rings is 1. The number of halogens is 3. The first kappa shape index (κ1) is 15.8. The molecule has 2 N–H and O–H groups in total. The molecule has 0 saturated heterocycles. The van der Waals surface area contributed by atoms with Gasteiger partial charge in [0.15, 0.2) is 0 Å². The molecule has 0 bridgehead atoms. The molecule has 0 saturated carbocycles. The Labute approximate surface area is 142 Å². The van der Waals surface area contributed by atoms with Gasteiger partial charge < -0.3 is 0 Å². The Hall–Kier alpha value is 1.70. The van der Waals surface area contributed by atoms with Gasteiger partial charge in [-0.15, -0.1) is 0 Å². The van der Waals surface area contributed by atoms with Gasteiger partial charge >= 0.3 is 144 Å². The van der Waals surface area contributed by atoms with E-state index in [-0.39, 0.29) is 13.9 Å². The van der Waals surface area contributed by atoms with Gasteiger partial charge in [-0.1, -0.05) is 0 Å². The van der Waals surface area contributed by atoms with Crippen molar-refractivity contribution in [3.05, 3.63) is 25.3 Å². The van der Waals surface area contributed by atoms with Crippen molar-refractivity contribution in [3.63, 3.8) is 0 Å². The fourth-order valence-corrected chi connectivity index (χ4v) is 6.03. The predicted molar refractivity (Wildman–Crippen MR) is 92.8 cm³/mol. The summed E-state index contributed by atoms with van der Waals surface area (Å²) < 4.78 is 3.86. The molecular formula is C10H12I3N2Re. The van der Waals surface area contributed by atoms with Crippen molar-refractivity contribution in [1.82, 2.24) is 5.32 Å². The van der Waals surface area contributed by atoms with Crippen molar-refractivity contribution >= 4 is 74.6 Å². The second kappa shape index (κ2) is 7.99. The molecule has 0 spiro atoms. The van der Waals surface area contributed by atoms with Crippen molar-refractivity contribution < 1.29 is 13.9 Å². The van der Waals surface area contributed by atoms with Crippen molar-refractivity contribution in [1.29, 1.82) is 0 Å². The van der Waals surface area contributed by atoms with Gasteiger partial charge in [-0.3, -0.25) is 0 Å². The van der Waals surface area contributed by atoms with Crippen LogP contribution < -0.4 is 10.6 Å². The average Bonchev–Trinajstić information content (AvgIpc) is 2.21. The van der Waals surface area contributed by atoms with Crippen LogP contribution in [0.25, 0.3) is 0 Å². The summed E-state index contributed by atoms with van der Waals surface area (Å²) in [6.07, 6.45) is 0. The van der Waals surface area contributed by atoms with Crippen molar-refractivity contribution in [2.24, 2.45) is 0 Å². The molecule has 0 unspecified atom stereocenters. The quantitative estimate of drug-likeness (QED) is 0.462. The summed E-state index contributed by atoms with van der Waals surface area (Å²) in [7, 11) is 0. The van der Waals surface area contributed by atoms with Gasteiger partial charge in [0.25, 0.3) is 0 Å². The van der Waals surface area contributed by atoms with Crippen LogP contribution in [0.4, 0.5) is 5.69 Å². The maximum atomic E-state index is 3.55. The first-order valence-electron chi connectivity index (χ1n) is 4.65. The maximum absolute atomic E-state index is 3.55. The third-order valence-electron chi connectivity index (χ3n) is 1.68. The van der Waals surface area contributed by atoms with E-state index in [2.05, 4.69) is 107 Å². The van der Waals surface area contributed by atoms with Crippen LogP contribution in [0, 0.1) is 7.14 Å². The van der Waals surface area contributed by atoms with E-state index in [9.17, 15) is 0 Å². The summed E-state index contributed by atoms with van der Waals surface area (Å²) >= 11 is 6.92. The van der Waals surface area contributed by atoms with E-state index >= 15 is 0 Å². The minimum absolute atomic E-state index is 0.352. The molecule has 0 heterocycles. The van der Waals surface area contributed by atoms with Crippen LogP contribution in [0.2, 0.25) is 0 Å². The molecule has 0 aromatic heterocycles. The Morgan fingerprint density at radius 2 is 1.81 bits per heavy atom. The molecule has 90 valence electrons. The second-order valence-corrected chi connectivity index (χ2v) is 10.9. The molecule has 1 rings (SSSR count). The van der Waals surface area contributed by atoms with Crippen LogP contribution in [0.3, 0.4) is 0 Å². The number of rotatable bonds is 4. The van der Waals surface area contributed by atoms with Gasteiger partial charge in [-0.25, -0.2) is 0 Å². The summed E-state index contributed by atoms with van der Waals surface area (Å²) in [6, 6.07) is 6.85. The SMILES string of the molecule is CC(C)N[C](Nc1c(I)cccc1I)=[Re][I]. The standard InChI is InChI=1S/C10H12I2N2.HI.Re/c1-7(2)13-6-14-10-8(11)4-3-5-9(10)12;;/h3-5,7,13-14H,1-2H3;1H;/q;;+1/p-1. The average molecular weight is 727 g/mol. The van der Waals surface area contributed by atoms with Gasteiger partial charge in [0.1, 0.15) is 0 Å². The summed E-state index contributed by atoms with van der Waals surface area (Å²) in [4.78, 5) is 0. The number of hydrogen-bond acceptors (Lipinski definition) is 2. The Morgan fingerprint density at radius 1 is 1.25 bits per heavy atom. The van der Waals surface area contributed by atoms with Gasteiger partial charge in [-0.05, 0) is 0 Å². The van der Waals surface area contributed by atoms with E-state index in [1.54, 1.807) is 0 Å². The molecule has 0 aliphatic rings. The molecule has 16 heavy (non-hydrogen) atoms. The van der Waals surface area contributed by atoms with Crippen molar-refractivity contribution in [2.45, 2.75) is 19.9 Å². The zero-order chi connectivity index (χ0) is 12.1. The van der Waals surface area contributed by atoms with E-state index in [0.29, 0.717) is 6.04 Å². The molecule has 0 aliphatic carbocycles. The van der Waals surface area contributed by atoms with Gasteiger partial charge in [0.05, 0.1) is 0 Å². The van der Waals surface area contributed by atoms with E-state index in [0.717, 1.165) is 0 Å². The molecule has 6 heteroatoms. The molecule has 0 fully saturated rings. The van der Waals surface area contributed by atoms with Crippen LogP contribution in [0.5, 0.6) is 0 Å². The molecular weight excluding hydrogens is 715 g/mol. The number of nitrogens with one attached hydrogen (secondary N) is 2. The third kappa shape index (κ3) is 5.14. The summed E-state index contributed by atoms with van der Waals surface area (Å²) in [5, 5.41) is 7.04. The number of anilines is 1. The van der Waals surface area contributed by atoms with E-state index in [4.69, 9.17) is 0 Å². The van der Waals surface area contributed by atoms with Crippen molar-refractivity contribution in [2.75, 3.05) is 5.32 Å². The molecule has 0 amide bonds. The molecule has 0 atom stereocenters. The Kier molecular flexibility index (Phi) is 7.87. The second-order valence-electron chi connectivity index (χ2n) is 3.41. The molecule has 2 nitrogen and oxygen atoms in total. The first-order chi connectivity index (χ1) is 7.54. The van der Waals surface area contributed by atoms with E-state index in [1.165, 1.54) is 17.1 Å². The van der Waals surface area contributed by atoms with Crippen LogP contribution >= 0.6 is 64.7 Å². The molecule has 0 radical (unpaired) electrons. The molecule has 1 aromatic carbocycles. The minimum atomic E-state index is -0.352. The van der Waals surface area contributed by atoms with Crippen LogP contribution in [-0.4, -0.2) is 10.3 Å². The van der Waals surface area contributed by atoms with Crippen LogP contribution in [0.15, 0.2) is 18.2 Å². The predicted octanol–water partition coefficient (Wildman–Crippen LogP) is 3.83. The monoisotopic (exact) mass is 728 g/mol. The van der Waals surface area contributed by atoms with Crippen LogP contribution in [0.1, 0.15) is 13.8 Å².